The normalized spacial score (nSPS) is 10.5. The van der Waals surface area contributed by atoms with Gasteiger partial charge in [-0.3, -0.25) is 9.48 Å². The van der Waals surface area contributed by atoms with Crippen molar-refractivity contribution in [2.45, 2.75) is 0 Å². The predicted octanol–water partition coefficient (Wildman–Crippen LogP) is 0.539. The van der Waals surface area contributed by atoms with Crippen LogP contribution >= 0.6 is 0 Å². The molecule has 0 fully saturated rings. The van der Waals surface area contributed by atoms with Crippen LogP contribution in [0.25, 0.3) is 0 Å². The number of aromatic nitrogens is 2. The van der Waals surface area contributed by atoms with Gasteiger partial charge in [0.05, 0.1) is 18.9 Å². The molecule has 0 aromatic carbocycles. The fraction of sp³-hybridized carbons (Fsp3) is 0.286. The minimum atomic E-state index is 0.450. The van der Waals surface area contributed by atoms with Crippen LogP contribution in [0.5, 0.6) is 0 Å². The molecule has 0 radical (unpaired) electrons. The van der Waals surface area contributed by atoms with E-state index in [2.05, 4.69) is 14.8 Å². The van der Waals surface area contributed by atoms with E-state index < -0.39 is 0 Å². The average molecular weight is 167 g/mol. The Morgan fingerprint density at radius 2 is 2.50 bits per heavy atom. The molecule has 0 spiro atoms. The van der Waals surface area contributed by atoms with E-state index in [0.717, 1.165) is 0 Å². The monoisotopic (exact) mass is 167 g/mol. The molecule has 0 amide bonds. The maximum absolute atomic E-state index is 10.4. The first-order valence-corrected chi connectivity index (χ1v) is 3.32. The highest BCUT2D eigenvalue weighted by Crippen LogP contribution is 2.14. The van der Waals surface area contributed by atoms with E-state index in [1.165, 1.54) is 24.4 Å². The molecule has 64 valence electrons. The molecule has 0 atom stereocenters. The summed E-state index contributed by atoms with van der Waals surface area (Å²) in [6, 6.07) is 0. The van der Waals surface area contributed by atoms with Gasteiger partial charge < -0.3 is 4.74 Å². The molecule has 5 heteroatoms. The fourth-order valence-electron chi connectivity index (χ4n) is 0.792. The highest BCUT2D eigenvalue weighted by atomic mass is 16.5. The average Bonchev–Trinajstić information content (AvgIpc) is 2.43. The van der Waals surface area contributed by atoms with Gasteiger partial charge in [-0.15, -0.1) is 0 Å². The number of hydrogen-bond acceptors (Lipinski definition) is 4. The molecule has 0 N–H and O–H groups in total. The van der Waals surface area contributed by atoms with Crippen molar-refractivity contribution in [3.8, 4) is 0 Å². The third kappa shape index (κ3) is 1.50. The van der Waals surface area contributed by atoms with E-state index in [0.29, 0.717) is 17.7 Å². The lowest BCUT2D eigenvalue weighted by Crippen LogP contribution is -1.90. The molecule has 1 heterocycles. The number of aliphatic imine (C=N–C) groups is 1. The minimum absolute atomic E-state index is 0.450. The van der Waals surface area contributed by atoms with Gasteiger partial charge in [-0.25, -0.2) is 4.99 Å². The SMILES string of the molecule is CO/C=N/c1c(C=O)cnn1C. The maximum atomic E-state index is 10.4. The zero-order chi connectivity index (χ0) is 8.97. The van der Waals surface area contributed by atoms with Gasteiger partial charge in [-0.1, -0.05) is 0 Å². The number of aryl methyl sites for hydroxylation is 1. The van der Waals surface area contributed by atoms with Crippen LogP contribution in [-0.2, 0) is 11.8 Å². The summed E-state index contributed by atoms with van der Waals surface area (Å²) in [5.41, 5.74) is 0.450. The summed E-state index contributed by atoms with van der Waals surface area (Å²) in [4.78, 5) is 14.3. The van der Waals surface area contributed by atoms with Crippen molar-refractivity contribution in [3.63, 3.8) is 0 Å². The number of methoxy groups -OCH3 is 1. The van der Waals surface area contributed by atoms with Gasteiger partial charge in [0.15, 0.2) is 18.5 Å². The van der Waals surface area contributed by atoms with Gasteiger partial charge in [0.25, 0.3) is 0 Å². The van der Waals surface area contributed by atoms with Gasteiger partial charge in [0.1, 0.15) is 0 Å². The molecule has 0 aliphatic heterocycles. The first-order chi connectivity index (χ1) is 5.79. The molecule has 0 saturated carbocycles. The number of ether oxygens (including phenoxy) is 1. The van der Waals surface area contributed by atoms with Crippen molar-refractivity contribution in [1.82, 2.24) is 9.78 Å². The van der Waals surface area contributed by atoms with Crippen LogP contribution < -0.4 is 0 Å². The molecule has 12 heavy (non-hydrogen) atoms. The second kappa shape index (κ2) is 3.66. The van der Waals surface area contributed by atoms with Crippen molar-refractivity contribution >= 4 is 18.5 Å². The molecule has 1 aromatic rings. The number of hydrogen-bond donors (Lipinski definition) is 0. The first kappa shape index (κ1) is 8.45. The fourth-order valence-corrected chi connectivity index (χ4v) is 0.792. The molecule has 0 aliphatic rings. The molecule has 0 bridgehead atoms. The van der Waals surface area contributed by atoms with E-state index in [1.54, 1.807) is 7.05 Å². The lowest BCUT2D eigenvalue weighted by Gasteiger charge is -1.93. The Bertz CT molecular complexity index is 304. The van der Waals surface area contributed by atoms with E-state index in [9.17, 15) is 4.79 Å². The Labute approximate surface area is 69.7 Å². The Kier molecular flexibility index (Phi) is 2.57. The van der Waals surface area contributed by atoms with Crippen LogP contribution in [0.2, 0.25) is 0 Å². The first-order valence-electron chi connectivity index (χ1n) is 3.32. The summed E-state index contributed by atoms with van der Waals surface area (Å²) in [5.74, 6) is 0.492. The molecule has 0 unspecified atom stereocenters. The summed E-state index contributed by atoms with van der Waals surface area (Å²) in [5, 5.41) is 3.86. The molecular formula is C7H9N3O2. The van der Waals surface area contributed by atoms with Crippen LogP contribution in [0.4, 0.5) is 5.82 Å². The summed E-state index contributed by atoms with van der Waals surface area (Å²) in [6.45, 7) is 0. The number of aldehydes is 1. The van der Waals surface area contributed by atoms with E-state index in [1.807, 2.05) is 0 Å². The van der Waals surface area contributed by atoms with Crippen LogP contribution in [-0.4, -0.2) is 29.6 Å². The zero-order valence-corrected chi connectivity index (χ0v) is 6.89. The van der Waals surface area contributed by atoms with Gasteiger partial charge in [-0.05, 0) is 0 Å². The van der Waals surface area contributed by atoms with E-state index in [-0.39, 0.29) is 0 Å². The third-order valence-electron chi connectivity index (χ3n) is 1.34. The van der Waals surface area contributed by atoms with Gasteiger partial charge in [-0.2, -0.15) is 5.10 Å². The lowest BCUT2D eigenvalue weighted by atomic mass is 10.4. The van der Waals surface area contributed by atoms with Crippen molar-refractivity contribution in [2.24, 2.45) is 12.0 Å². The predicted molar refractivity (Wildman–Crippen MR) is 43.8 cm³/mol. The molecular weight excluding hydrogens is 158 g/mol. The Balaban J connectivity index is 3.01. The van der Waals surface area contributed by atoms with Crippen molar-refractivity contribution in [2.75, 3.05) is 7.11 Å². The highest BCUT2D eigenvalue weighted by Gasteiger charge is 2.04. The van der Waals surface area contributed by atoms with Crippen LogP contribution in [0.15, 0.2) is 11.2 Å². The standard InChI is InChI=1S/C7H9N3O2/c1-10-7(8-5-12-2)6(4-11)3-9-10/h3-5H,1-2H3/b8-5+. The zero-order valence-electron chi connectivity index (χ0n) is 6.89. The van der Waals surface area contributed by atoms with Crippen molar-refractivity contribution in [3.05, 3.63) is 11.8 Å². The van der Waals surface area contributed by atoms with E-state index in [4.69, 9.17) is 0 Å². The van der Waals surface area contributed by atoms with Gasteiger partial charge in [0, 0.05) is 7.05 Å². The number of rotatable bonds is 3. The smallest absolute Gasteiger partial charge is 0.175 e. The third-order valence-corrected chi connectivity index (χ3v) is 1.34. The Morgan fingerprint density at radius 1 is 1.75 bits per heavy atom. The Morgan fingerprint density at radius 3 is 3.08 bits per heavy atom. The van der Waals surface area contributed by atoms with Gasteiger partial charge in [0.2, 0.25) is 0 Å². The van der Waals surface area contributed by atoms with Crippen LogP contribution in [0, 0.1) is 0 Å². The molecule has 1 rings (SSSR count). The van der Waals surface area contributed by atoms with Crippen molar-refractivity contribution in [1.29, 1.82) is 0 Å². The lowest BCUT2D eigenvalue weighted by molar-refractivity contribution is 0.112. The summed E-state index contributed by atoms with van der Waals surface area (Å²) in [7, 11) is 3.19. The van der Waals surface area contributed by atoms with E-state index >= 15 is 0 Å². The number of carbonyl (C=O) groups excluding carboxylic acids is 1. The minimum Gasteiger partial charge on any atom is -0.486 e. The molecule has 0 saturated heterocycles. The second-order valence-corrected chi connectivity index (χ2v) is 2.14. The van der Waals surface area contributed by atoms with Crippen LogP contribution in [0.3, 0.4) is 0 Å². The quantitative estimate of drug-likeness (QED) is 0.375. The van der Waals surface area contributed by atoms with Crippen LogP contribution in [0.1, 0.15) is 10.4 Å². The summed E-state index contributed by atoms with van der Waals surface area (Å²) < 4.78 is 6.12. The number of nitrogens with zero attached hydrogens (tertiary/aromatic N) is 3. The molecule has 0 aliphatic carbocycles. The summed E-state index contributed by atoms with van der Waals surface area (Å²) >= 11 is 0. The maximum Gasteiger partial charge on any atom is 0.175 e. The summed E-state index contributed by atoms with van der Waals surface area (Å²) in [6.07, 6.45) is 3.41. The molecule has 1 aromatic heterocycles. The molecule has 5 nitrogen and oxygen atoms in total. The highest BCUT2D eigenvalue weighted by molar-refractivity contribution is 5.82. The largest absolute Gasteiger partial charge is 0.486 e. The van der Waals surface area contributed by atoms with Crippen molar-refractivity contribution < 1.29 is 9.53 Å². The topological polar surface area (TPSA) is 56.5 Å². The Hall–Kier alpha value is -1.65. The van der Waals surface area contributed by atoms with Gasteiger partial charge >= 0.3 is 0 Å². The number of carbonyl (C=O) groups is 1. The second-order valence-electron chi connectivity index (χ2n) is 2.14.